The molecule has 0 saturated carbocycles. The Balaban J connectivity index is 1.82. The Bertz CT molecular complexity index is 564. The first-order chi connectivity index (χ1) is 10.8. The first-order valence-electron chi connectivity index (χ1n) is 8.02. The number of hydrogen-bond acceptors (Lipinski definition) is 4. The van der Waals surface area contributed by atoms with E-state index in [-0.39, 0.29) is 6.61 Å². The first-order valence-corrected chi connectivity index (χ1v) is 8.02. The van der Waals surface area contributed by atoms with Crippen LogP contribution in [-0.4, -0.2) is 26.7 Å². The molecule has 0 bridgehead atoms. The number of aryl methyl sites for hydroxylation is 2. The van der Waals surface area contributed by atoms with Crippen molar-refractivity contribution >= 4 is 0 Å². The molecule has 5 heteroatoms. The predicted octanol–water partition coefficient (Wildman–Crippen LogP) is 2.75. The van der Waals surface area contributed by atoms with Gasteiger partial charge in [0.25, 0.3) is 0 Å². The van der Waals surface area contributed by atoms with E-state index in [0.29, 0.717) is 12.3 Å². The molecule has 2 aromatic rings. The molecule has 0 saturated heterocycles. The highest BCUT2D eigenvalue weighted by molar-refractivity contribution is 5.27. The van der Waals surface area contributed by atoms with Crippen LogP contribution in [-0.2, 0) is 26.0 Å². The van der Waals surface area contributed by atoms with Gasteiger partial charge in [-0.1, -0.05) is 37.6 Å². The van der Waals surface area contributed by atoms with Gasteiger partial charge >= 0.3 is 0 Å². The monoisotopic (exact) mass is 303 g/mol. The summed E-state index contributed by atoms with van der Waals surface area (Å²) >= 11 is 0. The van der Waals surface area contributed by atoms with Gasteiger partial charge in [0, 0.05) is 13.0 Å². The molecule has 0 spiro atoms. The number of nitrogens with zero attached hydrogens (tertiary/aromatic N) is 3. The normalized spacial score (nSPS) is 10.9. The lowest BCUT2D eigenvalue weighted by Crippen LogP contribution is -2.09. The van der Waals surface area contributed by atoms with Crippen LogP contribution in [0.4, 0.5) is 0 Å². The Morgan fingerprint density at radius 1 is 1.18 bits per heavy atom. The second-order valence-electron chi connectivity index (χ2n) is 5.31. The average Bonchev–Trinajstić information content (AvgIpc) is 2.94. The molecule has 120 valence electrons. The third-order valence-electron chi connectivity index (χ3n) is 3.67. The van der Waals surface area contributed by atoms with E-state index in [9.17, 15) is 5.11 Å². The fourth-order valence-corrected chi connectivity index (χ4v) is 2.41. The van der Waals surface area contributed by atoms with Crippen molar-refractivity contribution in [3.8, 4) is 5.75 Å². The summed E-state index contributed by atoms with van der Waals surface area (Å²) in [6.07, 6.45) is 3.81. The summed E-state index contributed by atoms with van der Waals surface area (Å²) in [7, 11) is 0. The zero-order chi connectivity index (χ0) is 15.8. The number of aromatic nitrogens is 3. The highest BCUT2D eigenvalue weighted by Gasteiger charge is 2.10. The number of hydrogen-bond donors (Lipinski definition) is 1. The quantitative estimate of drug-likeness (QED) is 0.724. The van der Waals surface area contributed by atoms with E-state index in [1.54, 1.807) is 0 Å². The van der Waals surface area contributed by atoms with Crippen molar-refractivity contribution in [2.45, 2.75) is 52.7 Å². The molecule has 1 aromatic carbocycles. The van der Waals surface area contributed by atoms with Crippen LogP contribution in [0.2, 0.25) is 0 Å². The minimum atomic E-state index is -0.0460. The van der Waals surface area contributed by atoms with Crippen molar-refractivity contribution in [2.75, 3.05) is 6.61 Å². The maximum atomic E-state index is 9.28. The summed E-state index contributed by atoms with van der Waals surface area (Å²) in [5.74, 6) is 0.903. The molecule has 0 radical (unpaired) electrons. The van der Waals surface area contributed by atoms with E-state index in [2.05, 4.69) is 36.3 Å². The lowest BCUT2D eigenvalue weighted by atomic mass is 10.2. The van der Waals surface area contributed by atoms with Crippen LogP contribution in [0, 0.1) is 0 Å². The summed E-state index contributed by atoms with van der Waals surface area (Å²) in [5.41, 5.74) is 3.05. The molecule has 0 amide bonds. The van der Waals surface area contributed by atoms with E-state index in [1.807, 2.05) is 16.8 Å². The predicted molar refractivity (Wildman–Crippen MR) is 85.9 cm³/mol. The Kier molecular flexibility index (Phi) is 6.40. The van der Waals surface area contributed by atoms with Crippen LogP contribution in [0.25, 0.3) is 0 Å². The van der Waals surface area contributed by atoms with E-state index in [1.165, 1.54) is 5.56 Å². The Labute approximate surface area is 131 Å². The van der Waals surface area contributed by atoms with Crippen molar-refractivity contribution in [3.05, 3.63) is 41.2 Å². The molecular formula is C17H25N3O2. The molecule has 2 rings (SSSR count). The van der Waals surface area contributed by atoms with Crippen LogP contribution in [0.5, 0.6) is 5.75 Å². The zero-order valence-corrected chi connectivity index (χ0v) is 13.5. The van der Waals surface area contributed by atoms with Crippen molar-refractivity contribution in [2.24, 2.45) is 0 Å². The molecule has 0 fully saturated rings. The van der Waals surface area contributed by atoms with Gasteiger partial charge in [0.05, 0.1) is 18.9 Å². The van der Waals surface area contributed by atoms with E-state index < -0.39 is 0 Å². The Morgan fingerprint density at radius 3 is 2.59 bits per heavy atom. The first kappa shape index (κ1) is 16.5. The number of ether oxygens (including phenoxy) is 1. The topological polar surface area (TPSA) is 60.2 Å². The Morgan fingerprint density at radius 2 is 1.95 bits per heavy atom. The van der Waals surface area contributed by atoms with Gasteiger partial charge in [-0.3, -0.25) is 0 Å². The maximum Gasteiger partial charge on any atom is 0.119 e. The highest BCUT2D eigenvalue weighted by atomic mass is 16.5. The number of aliphatic hydroxyl groups is 1. The smallest absolute Gasteiger partial charge is 0.119 e. The second-order valence-corrected chi connectivity index (χ2v) is 5.31. The van der Waals surface area contributed by atoms with Gasteiger partial charge in [-0.25, -0.2) is 4.68 Å². The van der Waals surface area contributed by atoms with Crippen LogP contribution in [0.15, 0.2) is 24.3 Å². The Hall–Kier alpha value is -1.88. The fourth-order valence-electron chi connectivity index (χ4n) is 2.41. The van der Waals surface area contributed by atoms with Gasteiger partial charge in [0.15, 0.2) is 0 Å². The lowest BCUT2D eigenvalue weighted by molar-refractivity contribution is 0.275. The number of rotatable bonds is 9. The highest BCUT2D eigenvalue weighted by Crippen LogP contribution is 2.13. The molecule has 1 heterocycles. The standard InChI is InChI=1S/C17H25N3O2/c1-3-6-17-16(13-21)18-19-20(17)11-5-12-22-15-9-7-14(4-2)8-10-15/h7-10,21H,3-6,11-13H2,1-2H3. The molecule has 0 atom stereocenters. The van der Waals surface area contributed by atoms with Gasteiger partial charge in [-0.05, 0) is 30.5 Å². The van der Waals surface area contributed by atoms with Gasteiger partial charge in [0.2, 0.25) is 0 Å². The number of benzene rings is 1. The summed E-state index contributed by atoms with van der Waals surface area (Å²) in [6, 6.07) is 8.22. The maximum absolute atomic E-state index is 9.28. The fraction of sp³-hybridized carbons (Fsp3) is 0.529. The van der Waals surface area contributed by atoms with Crippen LogP contribution in [0.1, 0.15) is 43.6 Å². The molecule has 5 nitrogen and oxygen atoms in total. The van der Waals surface area contributed by atoms with E-state index >= 15 is 0 Å². The third-order valence-corrected chi connectivity index (χ3v) is 3.67. The van der Waals surface area contributed by atoms with Gasteiger partial charge in [-0.15, -0.1) is 5.10 Å². The van der Waals surface area contributed by atoms with E-state index in [4.69, 9.17) is 4.74 Å². The molecule has 1 aromatic heterocycles. The average molecular weight is 303 g/mol. The second kappa shape index (κ2) is 8.54. The van der Waals surface area contributed by atoms with E-state index in [0.717, 1.165) is 43.7 Å². The van der Waals surface area contributed by atoms with Crippen LogP contribution in [0.3, 0.4) is 0 Å². The number of aliphatic hydroxyl groups excluding tert-OH is 1. The SMILES string of the molecule is CCCc1c(CO)nnn1CCCOc1ccc(CC)cc1. The molecule has 0 aliphatic rings. The minimum Gasteiger partial charge on any atom is -0.494 e. The molecule has 0 unspecified atom stereocenters. The molecule has 0 aliphatic heterocycles. The van der Waals surface area contributed by atoms with Crippen molar-refractivity contribution < 1.29 is 9.84 Å². The summed E-state index contributed by atoms with van der Waals surface area (Å²) in [6.45, 7) is 5.61. The zero-order valence-electron chi connectivity index (χ0n) is 13.5. The van der Waals surface area contributed by atoms with Crippen LogP contribution < -0.4 is 4.74 Å². The lowest BCUT2D eigenvalue weighted by Gasteiger charge is -2.09. The largest absolute Gasteiger partial charge is 0.494 e. The third kappa shape index (κ3) is 4.31. The van der Waals surface area contributed by atoms with Crippen molar-refractivity contribution in [1.82, 2.24) is 15.0 Å². The molecule has 22 heavy (non-hydrogen) atoms. The van der Waals surface area contributed by atoms with Crippen LogP contribution >= 0.6 is 0 Å². The van der Waals surface area contributed by atoms with Gasteiger partial charge < -0.3 is 9.84 Å². The van der Waals surface area contributed by atoms with Crippen molar-refractivity contribution in [1.29, 1.82) is 0 Å². The van der Waals surface area contributed by atoms with Gasteiger partial charge in [0.1, 0.15) is 11.4 Å². The van der Waals surface area contributed by atoms with Crippen molar-refractivity contribution in [3.63, 3.8) is 0 Å². The molecule has 1 N–H and O–H groups in total. The van der Waals surface area contributed by atoms with Gasteiger partial charge in [-0.2, -0.15) is 0 Å². The summed E-state index contributed by atoms with van der Waals surface area (Å²) < 4.78 is 7.64. The molecular weight excluding hydrogens is 278 g/mol. The minimum absolute atomic E-state index is 0.0460. The summed E-state index contributed by atoms with van der Waals surface area (Å²) in [4.78, 5) is 0. The summed E-state index contributed by atoms with van der Waals surface area (Å²) in [5, 5.41) is 17.4. The molecule has 0 aliphatic carbocycles.